The number of nitrogens with zero attached hydrogens (tertiary/aromatic N) is 2. The summed E-state index contributed by atoms with van der Waals surface area (Å²) in [6.45, 7) is 8.34. The second-order valence-electron chi connectivity index (χ2n) is 14.7. The van der Waals surface area contributed by atoms with E-state index >= 15 is 0 Å². The maximum atomic E-state index is 12.4. The fourth-order valence-electron chi connectivity index (χ4n) is 7.79. The molecular formula is C39H55N2O14S3+. The van der Waals surface area contributed by atoms with Gasteiger partial charge in [-0.05, 0) is 94.8 Å². The van der Waals surface area contributed by atoms with Crippen LogP contribution in [0.1, 0.15) is 76.8 Å². The molecule has 2 aromatic carbocycles. The summed E-state index contributed by atoms with van der Waals surface area (Å²) in [4.78, 5) is 12.6. The van der Waals surface area contributed by atoms with Gasteiger partial charge in [-0.25, -0.2) is 0 Å². The molecule has 0 amide bonds. The van der Waals surface area contributed by atoms with Crippen LogP contribution in [-0.4, -0.2) is 119 Å². The molecule has 2 heterocycles. The molecule has 2 aliphatic rings. The summed E-state index contributed by atoms with van der Waals surface area (Å²) in [6.07, 6.45) is 7.89. The molecule has 0 saturated heterocycles. The molecule has 0 spiro atoms. The van der Waals surface area contributed by atoms with Crippen LogP contribution in [0.2, 0.25) is 0 Å². The van der Waals surface area contributed by atoms with Crippen molar-refractivity contribution in [3.05, 3.63) is 71.5 Å². The third-order valence-electron chi connectivity index (χ3n) is 10.7. The highest BCUT2D eigenvalue weighted by atomic mass is 32.2. The standard InChI is InChI=1S/C39H54N2O14S3/c1-5-40-33-16-14-29(57(47,48)49)27-31(33)38(2,18-10-26-56(44,45)46)35(40)11-9-12-36-39(3,19-21-54-24-25-55-23-22-53-4)32-28-30(58(50,51)52)15-17-34(32)41(36)20-8-6-7-13-37(42)43/h9,11-12,14-17,27-28H,5-8,10,13,18-26H2,1-4H3,(H3-,42,43,44,45,46,47,48,49,50,51,52)/p+1. The van der Waals surface area contributed by atoms with E-state index in [1.54, 1.807) is 19.2 Å². The number of hydrogen-bond donors (Lipinski definition) is 4. The fourth-order valence-corrected chi connectivity index (χ4v) is 9.32. The Balaban J connectivity index is 1.83. The van der Waals surface area contributed by atoms with Gasteiger partial charge in [0, 0.05) is 67.6 Å². The monoisotopic (exact) mass is 871 g/mol. The van der Waals surface area contributed by atoms with E-state index in [4.69, 9.17) is 14.2 Å². The molecule has 0 fully saturated rings. The predicted molar refractivity (Wildman–Crippen MR) is 217 cm³/mol. The Morgan fingerprint density at radius 3 is 2.02 bits per heavy atom. The van der Waals surface area contributed by atoms with Crippen LogP contribution in [0, 0.1) is 0 Å². The summed E-state index contributed by atoms with van der Waals surface area (Å²) in [5.74, 6) is -1.41. The molecule has 4 N–H and O–H groups in total. The normalized spacial score (nSPS) is 20.4. The molecular weight excluding hydrogens is 817 g/mol. The van der Waals surface area contributed by atoms with E-state index in [2.05, 4.69) is 4.58 Å². The molecule has 0 radical (unpaired) electrons. The second kappa shape index (κ2) is 19.7. The van der Waals surface area contributed by atoms with E-state index < -0.39 is 52.9 Å². The summed E-state index contributed by atoms with van der Waals surface area (Å²) in [7, 11) is -11.9. The number of aliphatic carboxylic acids is 1. The van der Waals surface area contributed by atoms with Gasteiger partial charge in [-0.3, -0.25) is 18.5 Å². The smallest absolute Gasteiger partial charge is 0.303 e. The van der Waals surface area contributed by atoms with Crippen LogP contribution in [0.3, 0.4) is 0 Å². The third-order valence-corrected chi connectivity index (χ3v) is 13.2. The van der Waals surface area contributed by atoms with Crippen molar-refractivity contribution in [2.24, 2.45) is 0 Å². The minimum atomic E-state index is -4.58. The number of anilines is 1. The number of rotatable bonds is 24. The number of ether oxygens (including phenoxy) is 3. The van der Waals surface area contributed by atoms with E-state index in [0.717, 1.165) is 5.71 Å². The Morgan fingerprint density at radius 1 is 0.793 bits per heavy atom. The Bertz CT molecular complexity index is 2240. The molecule has 2 unspecified atom stereocenters. The first-order valence-electron chi connectivity index (χ1n) is 19.0. The van der Waals surface area contributed by atoms with Gasteiger partial charge in [-0.2, -0.15) is 29.8 Å². The van der Waals surface area contributed by atoms with Crippen molar-refractivity contribution in [2.45, 2.75) is 86.3 Å². The molecule has 2 aliphatic heterocycles. The number of benzene rings is 2. The van der Waals surface area contributed by atoms with Crippen LogP contribution in [-0.2, 0) is 60.2 Å². The van der Waals surface area contributed by atoms with Gasteiger partial charge in [0.25, 0.3) is 30.4 Å². The number of likely N-dealkylation sites (N-methyl/N-ethyl adjacent to an activating group) is 1. The lowest BCUT2D eigenvalue weighted by atomic mass is 9.76. The van der Waals surface area contributed by atoms with Crippen LogP contribution >= 0.6 is 0 Å². The molecule has 0 saturated carbocycles. The summed E-state index contributed by atoms with van der Waals surface area (Å²) < 4.78 is 121. The summed E-state index contributed by atoms with van der Waals surface area (Å²) in [5, 5.41) is 9.18. The molecule has 16 nitrogen and oxygen atoms in total. The van der Waals surface area contributed by atoms with Gasteiger partial charge in [-0.1, -0.05) is 6.08 Å². The van der Waals surface area contributed by atoms with Gasteiger partial charge in [0.2, 0.25) is 5.69 Å². The third kappa shape index (κ3) is 11.6. The van der Waals surface area contributed by atoms with Gasteiger partial charge in [-0.15, -0.1) is 0 Å². The first-order valence-corrected chi connectivity index (χ1v) is 23.5. The maximum absolute atomic E-state index is 12.4. The van der Waals surface area contributed by atoms with E-state index in [9.17, 15) is 48.8 Å². The molecule has 0 bridgehead atoms. The number of hydrogen-bond acceptors (Lipinski definition) is 11. The number of carbonyl (C=O) groups is 1. The van der Waals surface area contributed by atoms with E-state index in [0.29, 0.717) is 93.4 Å². The molecule has 4 rings (SSSR count). The van der Waals surface area contributed by atoms with Crippen LogP contribution < -0.4 is 4.90 Å². The average Bonchev–Trinajstić information content (AvgIpc) is 3.51. The van der Waals surface area contributed by atoms with Crippen LogP contribution in [0.5, 0.6) is 0 Å². The highest BCUT2D eigenvalue weighted by Gasteiger charge is 2.48. The zero-order chi connectivity index (χ0) is 42.9. The number of fused-ring (bicyclic) bond motifs is 2. The van der Waals surface area contributed by atoms with E-state index in [1.165, 1.54) is 24.3 Å². The highest BCUT2D eigenvalue weighted by Crippen LogP contribution is 2.51. The second-order valence-corrected chi connectivity index (χ2v) is 19.1. The van der Waals surface area contributed by atoms with Gasteiger partial charge < -0.3 is 24.2 Å². The van der Waals surface area contributed by atoms with Crippen molar-refractivity contribution in [1.82, 2.24) is 0 Å². The first-order chi connectivity index (χ1) is 27.2. The van der Waals surface area contributed by atoms with Gasteiger partial charge >= 0.3 is 5.97 Å². The van der Waals surface area contributed by atoms with Crippen molar-refractivity contribution < 1.29 is 67.6 Å². The van der Waals surface area contributed by atoms with E-state index in [1.807, 2.05) is 43.9 Å². The van der Waals surface area contributed by atoms with Crippen LogP contribution in [0.15, 0.2) is 70.1 Å². The number of carboxylic acids is 1. The number of methoxy groups -OCH3 is 1. The molecule has 322 valence electrons. The van der Waals surface area contributed by atoms with Crippen LogP contribution in [0.4, 0.5) is 11.4 Å². The lowest BCUT2D eigenvalue weighted by Crippen LogP contribution is -2.33. The fraction of sp³-hybridized carbons (Fsp3) is 0.538. The van der Waals surface area contributed by atoms with Crippen molar-refractivity contribution in [3.63, 3.8) is 0 Å². The molecule has 0 aliphatic carbocycles. The number of allylic oxidation sites excluding steroid dienone is 4. The van der Waals surface area contributed by atoms with E-state index in [-0.39, 0.29) is 35.7 Å². The minimum Gasteiger partial charge on any atom is -0.481 e. The highest BCUT2D eigenvalue weighted by molar-refractivity contribution is 7.86. The summed E-state index contributed by atoms with van der Waals surface area (Å²) in [6, 6.07) is 8.71. The molecule has 2 aromatic rings. The lowest BCUT2D eigenvalue weighted by Gasteiger charge is -2.30. The Hall–Kier alpha value is -3.53. The van der Waals surface area contributed by atoms with Gasteiger partial charge in [0.1, 0.15) is 6.54 Å². The van der Waals surface area contributed by atoms with Crippen molar-refractivity contribution >= 4 is 53.4 Å². The molecule has 0 aromatic heterocycles. The van der Waals surface area contributed by atoms with Crippen molar-refractivity contribution in [1.29, 1.82) is 0 Å². The average molecular weight is 872 g/mol. The largest absolute Gasteiger partial charge is 0.481 e. The first kappa shape index (κ1) is 47.2. The molecule has 19 heteroatoms. The quantitative estimate of drug-likeness (QED) is 0.0606. The predicted octanol–water partition coefficient (Wildman–Crippen LogP) is 5.16. The molecule has 58 heavy (non-hydrogen) atoms. The van der Waals surface area contributed by atoms with Gasteiger partial charge in [0.05, 0.1) is 47.4 Å². The summed E-state index contributed by atoms with van der Waals surface area (Å²) >= 11 is 0. The van der Waals surface area contributed by atoms with Gasteiger partial charge in [0.15, 0.2) is 5.71 Å². The Morgan fingerprint density at radius 2 is 1.41 bits per heavy atom. The Kier molecular flexibility index (Phi) is 16.0. The van der Waals surface area contributed by atoms with Crippen LogP contribution in [0.25, 0.3) is 0 Å². The zero-order valence-corrected chi connectivity index (χ0v) is 35.7. The lowest BCUT2D eigenvalue weighted by molar-refractivity contribution is -0.438. The zero-order valence-electron chi connectivity index (χ0n) is 33.3. The number of unbranched alkanes of at least 4 members (excludes halogenated alkanes) is 2. The molecule has 2 atom stereocenters. The summed E-state index contributed by atoms with van der Waals surface area (Å²) in [5.41, 5.74) is 2.19. The minimum absolute atomic E-state index is 0.0215. The van der Waals surface area contributed by atoms with Crippen molar-refractivity contribution in [2.75, 3.05) is 63.9 Å². The topological polar surface area (TPSA) is 234 Å². The maximum Gasteiger partial charge on any atom is 0.303 e. The SMILES string of the molecule is CCN1/C(=C/C=C/C2=[N+](CCCCCC(=O)O)c3ccc(S(=O)(=O)O)cc3C2(C)CCOCCOCCOC)C(C)(CCCS(=O)(=O)O)c2cc(S(=O)(=O)O)ccc21. The number of carboxylic acid groups (broad SMARTS) is 1. The Labute approximate surface area is 341 Å². The van der Waals surface area contributed by atoms with Crippen molar-refractivity contribution in [3.8, 4) is 0 Å².